The summed E-state index contributed by atoms with van der Waals surface area (Å²) in [5, 5.41) is 21.6. The zero-order chi connectivity index (χ0) is 32.2. The number of benzene rings is 2. The van der Waals surface area contributed by atoms with Crippen LogP contribution in [0.15, 0.2) is 18.2 Å². The summed E-state index contributed by atoms with van der Waals surface area (Å²) in [4.78, 5) is 24.6. The molecular formula is C31H28ClF3N6O4S. The molecule has 1 amide bonds. The second-order valence-corrected chi connectivity index (χ2v) is 13.2. The topological polar surface area (TPSA) is 124 Å². The molecule has 0 aliphatic carbocycles. The van der Waals surface area contributed by atoms with E-state index in [1.54, 1.807) is 0 Å². The fourth-order valence-corrected chi connectivity index (χ4v) is 8.36. The van der Waals surface area contributed by atoms with Crippen LogP contribution in [0.1, 0.15) is 31.2 Å². The highest BCUT2D eigenvalue weighted by Gasteiger charge is 2.49. The highest BCUT2D eigenvalue weighted by molar-refractivity contribution is 7.23. The van der Waals surface area contributed by atoms with E-state index in [-0.39, 0.29) is 54.9 Å². The predicted octanol–water partition coefficient (Wildman–Crippen LogP) is 6.59. The highest BCUT2D eigenvalue weighted by Crippen LogP contribution is 2.47. The van der Waals surface area contributed by atoms with Crippen molar-refractivity contribution in [1.29, 1.82) is 5.26 Å². The Kier molecular flexibility index (Phi) is 8.04. The molecule has 46 heavy (non-hydrogen) atoms. The minimum absolute atomic E-state index is 0.0225. The lowest BCUT2D eigenvalue weighted by molar-refractivity contribution is 0.107. The number of fused-ring (bicyclic) bond motifs is 3. The number of nitrogens with zero attached hydrogens (tertiary/aromatic N) is 5. The van der Waals surface area contributed by atoms with Gasteiger partial charge >= 0.3 is 12.1 Å². The summed E-state index contributed by atoms with van der Waals surface area (Å²) >= 11 is 7.51. The SMILES string of the molecule is N#Cc1c(NC(=O)O)sc2c(F)ccc(-c3c(Cl)cc4c(N5CCCOCC5)nc(OC[C@@]56CCCN5C[C@H](F)C6)nc4c3F)c12. The molecule has 4 aromatic rings. The van der Waals surface area contributed by atoms with Crippen LogP contribution in [0.3, 0.4) is 0 Å². The van der Waals surface area contributed by atoms with E-state index >= 15 is 4.39 Å². The Morgan fingerprint density at radius 2 is 2.11 bits per heavy atom. The normalized spacial score (nSPS) is 21.8. The minimum atomic E-state index is -1.43. The van der Waals surface area contributed by atoms with Crippen molar-refractivity contribution in [2.45, 2.75) is 37.4 Å². The average molecular weight is 673 g/mol. The Hall–Kier alpha value is -3.90. The summed E-state index contributed by atoms with van der Waals surface area (Å²) in [6.07, 6.45) is 0.355. The lowest BCUT2D eigenvalue weighted by Gasteiger charge is -2.31. The maximum absolute atomic E-state index is 16.9. The first-order valence-corrected chi connectivity index (χ1v) is 16.1. The molecule has 3 saturated heterocycles. The fourth-order valence-electron chi connectivity index (χ4n) is 6.99. The second-order valence-electron chi connectivity index (χ2n) is 11.7. The Balaban J connectivity index is 1.39. The first kappa shape index (κ1) is 30.7. The number of nitrogens with one attached hydrogen (secondary N) is 1. The Morgan fingerprint density at radius 3 is 2.91 bits per heavy atom. The van der Waals surface area contributed by atoms with Crippen LogP contribution in [0.25, 0.3) is 32.1 Å². The van der Waals surface area contributed by atoms with Gasteiger partial charge in [0.15, 0.2) is 5.82 Å². The van der Waals surface area contributed by atoms with Gasteiger partial charge in [-0.05, 0) is 43.5 Å². The molecule has 0 spiro atoms. The van der Waals surface area contributed by atoms with Gasteiger partial charge in [0, 0.05) is 49.0 Å². The average Bonchev–Trinajstić information content (AvgIpc) is 3.58. The van der Waals surface area contributed by atoms with Crippen LogP contribution < -0.4 is 15.0 Å². The maximum Gasteiger partial charge on any atom is 0.409 e. The van der Waals surface area contributed by atoms with Crippen molar-refractivity contribution >= 4 is 60.8 Å². The third kappa shape index (κ3) is 5.25. The Labute approximate surface area is 270 Å². The Morgan fingerprint density at radius 1 is 1.26 bits per heavy atom. The summed E-state index contributed by atoms with van der Waals surface area (Å²) in [7, 11) is 0. The number of carboxylic acid groups (broad SMARTS) is 1. The van der Waals surface area contributed by atoms with Gasteiger partial charge in [-0.1, -0.05) is 17.7 Å². The molecule has 2 N–H and O–H groups in total. The van der Waals surface area contributed by atoms with Gasteiger partial charge in [0.1, 0.15) is 41.0 Å². The lowest BCUT2D eigenvalue weighted by atomic mass is 9.95. The standard InChI is InChI=1S/C31H28ClF3N6O4S/c32-20-11-18-25(24(35)23(20)17-3-4-21(34)26-22(17)19(13-36)28(46-26)39-30(42)43)37-29(38-27(18)40-6-2-9-44-10-8-40)45-15-31-5-1-7-41(31)14-16(33)12-31/h3-4,11,16,39H,1-2,5-10,12,14-15H2,(H,42,43)/t16-,31+/m1/s1. The molecule has 10 nitrogen and oxygen atoms in total. The number of thiophene rings is 1. The molecule has 3 fully saturated rings. The van der Waals surface area contributed by atoms with Crippen LogP contribution in [0.2, 0.25) is 5.02 Å². The summed E-state index contributed by atoms with van der Waals surface area (Å²) in [6, 6.07) is 5.80. The van der Waals surface area contributed by atoms with Gasteiger partial charge < -0.3 is 19.5 Å². The van der Waals surface area contributed by atoms with Crippen molar-refractivity contribution in [1.82, 2.24) is 14.9 Å². The molecule has 3 aliphatic rings. The second kappa shape index (κ2) is 12.0. The van der Waals surface area contributed by atoms with Gasteiger partial charge in [-0.3, -0.25) is 10.2 Å². The van der Waals surface area contributed by atoms with Crippen LogP contribution in [0.4, 0.5) is 28.8 Å². The maximum atomic E-state index is 16.9. The minimum Gasteiger partial charge on any atom is -0.465 e. The molecule has 2 atom stereocenters. The van der Waals surface area contributed by atoms with Gasteiger partial charge in [-0.25, -0.2) is 18.0 Å². The molecule has 3 aliphatic heterocycles. The lowest BCUT2D eigenvalue weighted by Crippen LogP contribution is -2.43. The number of hydrogen-bond acceptors (Lipinski definition) is 9. The molecule has 0 bridgehead atoms. The molecule has 2 aromatic heterocycles. The van der Waals surface area contributed by atoms with E-state index in [0.29, 0.717) is 56.9 Å². The van der Waals surface area contributed by atoms with Crippen molar-refractivity contribution in [3.05, 3.63) is 40.4 Å². The number of nitriles is 1. The number of halogens is 4. The third-order valence-corrected chi connectivity index (χ3v) is 10.4. The number of amides is 1. The largest absolute Gasteiger partial charge is 0.465 e. The van der Waals surface area contributed by atoms with Crippen LogP contribution in [-0.2, 0) is 4.74 Å². The van der Waals surface area contributed by atoms with E-state index in [1.807, 2.05) is 11.0 Å². The summed E-state index contributed by atoms with van der Waals surface area (Å²) < 4.78 is 58.1. The molecule has 2 aromatic carbocycles. The molecule has 15 heteroatoms. The molecule has 0 saturated carbocycles. The van der Waals surface area contributed by atoms with Crippen molar-refractivity contribution in [2.75, 3.05) is 56.2 Å². The van der Waals surface area contributed by atoms with E-state index in [4.69, 9.17) is 26.1 Å². The molecule has 5 heterocycles. The van der Waals surface area contributed by atoms with Gasteiger partial charge in [-0.2, -0.15) is 15.2 Å². The monoisotopic (exact) mass is 672 g/mol. The predicted molar refractivity (Wildman–Crippen MR) is 168 cm³/mol. The summed E-state index contributed by atoms with van der Waals surface area (Å²) in [5.74, 6) is -1.15. The van der Waals surface area contributed by atoms with E-state index < -0.39 is 29.4 Å². The molecule has 0 unspecified atom stereocenters. The van der Waals surface area contributed by atoms with Crippen molar-refractivity contribution in [3.63, 3.8) is 0 Å². The van der Waals surface area contributed by atoms with Gasteiger partial charge in [-0.15, -0.1) is 11.3 Å². The quantitative estimate of drug-likeness (QED) is 0.234. The number of aromatic nitrogens is 2. The van der Waals surface area contributed by atoms with E-state index in [1.165, 1.54) is 12.1 Å². The van der Waals surface area contributed by atoms with Gasteiger partial charge in [0.2, 0.25) is 0 Å². The van der Waals surface area contributed by atoms with Crippen molar-refractivity contribution < 1.29 is 32.5 Å². The van der Waals surface area contributed by atoms with E-state index in [0.717, 1.165) is 36.8 Å². The van der Waals surface area contributed by atoms with Gasteiger partial charge in [0.05, 0.1) is 27.4 Å². The molecule has 0 radical (unpaired) electrons. The number of ether oxygens (including phenoxy) is 2. The Bertz CT molecular complexity index is 1910. The fraction of sp³-hybridized carbons (Fsp3) is 0.419. The zero-order valence-corrected chi connectivity index (χ0v) is 26.0. The molecule has 7 rings (SSSR count). The van der Waals surface area contributed by atoms with Gasteiger partial charge in [0.25, 0.3) is 0 Å². The zero-order valence-electron chi connectivity index (χ0n) is 24.4. The van der Waals surface area contributed by atoms with Crippen LogP contribution >= 0.6 is 22.9 Å². The smallest absolute Gasteiger partial charge is 0.409 e. The first-order valence-electron chi connectivity index (χ1n) is 14.9. The number of hydrogen-bond donors (Lipinski definition) is 2. The van der Waals surface area contributed by atoms with E-state index in [2.05, 4.69) is 15.2 Å². The van der Waals surface area contributed by atoms with Crippen molar-refractivity contribution in [2.24, 2.45) is 0 Å². The van der Waals surface area contributed by atoms with Crippen molar-refractivity contribution in [3.8, 4) is 23.2 Å². The summed E-state index contributed by atoms with van der Waals surface area (Å²) in [6.45, 7) is 3.31. The number of rotatable bonds is 6. The third-order valence-electron chi connectivity index (χ3n) is 8.99. The van der Waals surface area contributed by atoms with E-state index in [9.17, 15) is 23.9 Å². The molecular weight excluding hydrogens is 645 g/mol. The van der Waals surface area contributed by atoms with Crippen LogP contribution in [-0.4, -0.2) is 83.8 Å². The van der Waals surface area contributed by atoms with Crippen LogP contribution in [0.5, 0.6) is 6.01 Å². The first-order chi connectivity index (χ1) is 22.2. The molecule has 240 valence electrons. The van der Waals surface area contributed by atoms with Crippen LogP contribution in [0, 0.1) is 23.0 Å². The number of carbonyl (C=O) groups is 1. The number of anilines is 2. The number of alkyl halides is 1. The highest BCUT2D eigenvalue weighted by atomic mass is 35.5. The summed E-state index contributed by atoms with van der Waals surface area (Å²) in [5.41, 5.74) is -0.783.